The number of nitrogens with zero attached hydrogens (tertiary/aromatic N) is 2. The average Bonchev–Trinajstić information content (AvgIpc) is 2.30. The molecule has 1 rings (SSSR count). The minimum Gasteiger partial charge on any atom is -0.370 e. The maximum Gasteiger partial charge on any atom is 0.133 e. The van der Waals surface area contributed by atoms with Crippen LogP contribution >= 0.6 is 11.8 Å². The Morgan fingerprint density at radius 2 is 1.79 bits per heavy atom. The van der Waals surface area contributed by atoms with Gasteiger partial charge in [0.05, 0.1) is 0 Å². The first-order chi connectivity index (χ1) is 8.87. The number of hydrogen-bond acceptors (Lipinski definition) is 4. The van der Waals surface area contributed by atoms with Crippen LogP contribution in [0.15, 0.2) is 5.03 Å². The molecule has 4 heteroatoms. The third-order valence-corrected chi connectivity index (χ3v) is 3.77. The van der Waals surface area contributed by atoms with Crippen LogP contribution in [0.25, 0.3) is 0 Å². The van der Waals surface area contributed by atoms with Crippen molar-refractivity contribution >= 4 is 17.6 Å². The van der Waals surface area contributed by atoms with Crippen LogP contribution in [0.5, 0.6) is 0 Å². The van der Waals surface area contributed by atoms with Gasteiger partial charge in [-0.05, 0) is 19.8 Å². The van der Waals surface area contributed by atoms with Gasteiger partial charge in [-0.15, -0.1) is 11.8 Å². The second kappa shape index (κ2) is 7.13. The number of aryl methyl sites for hydroxylation is 1. The van der Waals surface area contributed by atoms with Crippen LogP contribution in [0, 0.1) is 6.92 Å². The Morgan fingerprint density at radius 1 is 1.11 bits per heavy atom. The van der Waals surface area contributed by atoms with E-state index in [0.29, 0.717) is 0 Å². The number of thioether (sulfide) groups is 1. The van der Waals surface area contributed by atoms with Gasteiger partial charge in [0.25, 0.3) is 0 Å². The molecule has 1 heterocycles. The highest BCUT2D eigenvalue weighted by atomic mass is 32.2. The zero-order chi connectivity index (χ0) is 14.5. The van der Waals surface area contributed by atoms with Crippen molar-refractivity contribution in [1.29, 1.82) is 0 Å². The predicted molar refractivity (Wildman–Crippen MR) is 85.2 cm³/mol. The topological polar surface area (TPSA) is 37.8 Å². The van der Waals surface area contributed by atoms with Gasteiger partial charge < -0.3 is 5.32 Å². The third-order valence-electron chi connectivity index (χ3n) is 2.57. The summed E-state index contributed by atoms with van der Waals surface area (Å²) in [6.45, 7) is 14.1. The number of nitrogens with one attached hydrogen (secondary N) is 1. The standard InChI is InChI=1S/C15H27N3S/c1-7-9-12-17-13(16-10-8-2)11(3)14(18-12)19-15(4,5)6/h7-10H2,1-6H3,(H,16,17,18). The zero-order valence-electron chi connectivity index (χ0n) is 13.1. The molecule has 0 radical (unpaired) electrons. The van der Waals surface area contributed by atoms with Gasteiger partial charge in [-0.25, -0.2) is 9.97 Å². The van der Waals surface area contributed by atoms with Crippen LogP contribution in [-0.2, 0) is 6.42 Å². The Morgan fingerprint density at radius 3 is 2.32 bits per heavy atom. The Bertz CT molecular complexity index is 411. The van der Waals surface area contributed by atoms with Crippen LogP contribution in [-0.4, -0.2) is 21.3 Å². The van der Waals surface area contributed by atoms with Gasteiger partial charge in [-0.1, -0.05) is 34.6 Å². The van der Waals surface area contributed by atoms with Crippen LogP contribution in [0.3, 0.4) is 0 Å². The SMILES string of the molecule is CCCNc1nc(CCC)nc(SC(C)(C)C)c1C. The summed E-state index contributed by atoms with van der Waals surface area (Å²) < 4.78 is 0.171. The quantitative estimate of drug-likeness (QED) is 0.617. The maximum absolute atomic E-state index is 4.73. The second-order valence-electron chi connectivity index (χ2n) is 5.81. The summed E-state index contributed by atoms with van der Waals surface area (Å²) in [5.74, 6) is 1.96. The Hall–Kier alpha value is -0.770. The molecule has 19 heavy (non-hydrogen) atoms. The van der Waals surface area contributed by atoms with Gasteiger partial charge in [0.2, 0.25) is 0 Å². The lowest BCUT2D eigenvalue weighted by atomic mass is 10.2. The van der Waals surface area contributed by atoms with E-state index in [0.717, 1.165) is 42.5 Å². The summed E-state index contributed by atoms with van der Waals surface area (Å²) in [6, 6.07) is 0. The highest BCUT2D eigenvalue weighted by molar-refractivity contribution is 8.00. The van der Waals surface area contributed by atoms with Gasteiger partial charge in [0, 0.05) is 23.3 Å². The summed E-state index contributed by atoms with van der Waals surface area (Å²) in [7, 11) is 0. The second-order valence-corrected chi connectivity index (χ2v) is 7.63. The average molecular weight is 281 g/mol. The zero-order valence-corrected chi connectivity index (χ0v) is 13.9. The fraction of sp³-hybridized carbons (Fsp3) is 0.733. The molecule has 1 N–H and O–H groups in total. The molecular weight excluding hydrogens is 254 g/mol. The molecule has 1 aromatic rings. The first-order valence-corrected chi connectivity index (χ1v) is 7.99. The first-order valence-electron chi connectivity index (χ1n) is 7.17. The summed E-state index contributed by atoms with van der Waals surface area (Å²) >= 11 is 1.82. The van der Waals surface area contributed by atoms with Crippen molar-refractivity contribution in [2.24, 2.45) is 0 Å². The molecule has 0 atom stereocenters. The van der Waals surface area contributed by atoms with Gasteiger partial charge in [0.1, 0.15) is 16.7 Å². The molecule has 0 aliphatic carbocycles. The largest absolute Gasteiger partial charge is 0.370 e. The van der Waals surface area contributed by atoms with E-state index in [1.807, 2.05) is 11.8 Å². The van der Waals surface area contributed by atoms with E-state index < -0.39 is 0 Å². The van der Waals surface area contributed by atoms with Gasteiger partial charge in [-0.3, -0.25) is 0 Å². The normalized spacial score (nSPS) is 11.7. The van der Waals surface area contributed by atoms with E-state index in [9.17, 15) is 0 Å². The van der Waals surface area contributed by atoms with Crippen molar-refractivity contribution in [3.8, 4) is 0 Å². The number of rotatable bonds is 6. The van der Waals surface area contributed by atoms with Gasteiger partial charge >= 0.3 is 0 Å². The minimum absolute atomic E-state index is 0.171. The number of aromatic nitrogens is 2. The van der Waals surface area contributed by atoms with Crippen molar-refractivity contribution in [2.45, 2.75) is 70.6 Å². The molecule has 0 fully saturated rings. The smallest absolute Gasteiger partial charge is 0.133 e. The van der Waals surface area contributed by atoms with E-state index in [2.05, 4.69) is 51.8 Å². The van der Waals surface area contributed by atoms with Crippen molar-refractivity contribution < 1.29 is 0 Å². The first kappa shape index (κ1) is 16.3. The van der Waals surface area contributed by atoms with Gasteiger partial charge in [0.15, 0.2) is 0 Å². The summed E-state index contributed by atoms with van der Waals surface area (Å²) in [5.41, 5.74) is 1.17. The molecular formula is C15H27N3S. The minimum atomic E-state index is 0.171. The molecule has 0 saturated heterocycles. The van der Waals surface area contributed by atoms with Crippen LogP contribution in [0.4, 0.5) is 5.82 Å². The van der Waals surface area contributed by atoms with Crippen LogP contribution in [0.1, 0.15) is 58.8 Å². The summed E-state index contributed by atoms with van der Waals surface area (Å²) in [6.07, 6.45) is 3.13. The molecule has 0 aliphatic rings. The molecule has 0 saturated carbocycles. The van der Waals surface area contributed by atoms with E-state index >= 15 is 0 Å². The summed E-state index contributed by atoms with van der Waals surface area (Å²) in [5, 5.41) is 4.54. The fourth-order valence-corrected chi connectivity index (χ4v) is 2.66. The Labute approximate surface area is 122 Å². The highest BCUT2D eigenvalue weighted by Gasteiger charge is 2.18. The van der Waals surface area contributed by atoms with E-state index in [4.69, 9.17) is 4.98 Å². The van der Waals surface area contributed by atoms with Crippen molar-refractivity contribution in [3.05, 3.63) is 11.4 Å². The van der Waals surface area contributed by atoms with E-state index in [1.54, 1.807) is 0 Å². The molecule has 1 aromatic heterocycles. The summed E-state index contributed by atoms with van der Waals surface area (Å²) in [4.78, 5) is 9.38. The molecule has 0 bridgehead atoms. The van der Waals surface area contributed by atoms with E-state index in [-0.39, 0.29) is 4.75 Å². The lowest BCUT2D eigenvalue weighted by Gasteiger charge is -2.20. The molecule has 0 spiro atoms. The van der Waals surface area contributed by atoms with Gasteiger partial charge in [-0.2, -0.15) is 0 Å². The molecule has 0 unspecified atom stereocenters. The number of hydrogen-bond donors (Lipinski definition) is 1. The van der Waals surface area contributed by atoms with Crippen molar-refractivity contribution in [3.63, 3.8) is 0 Å². The van der Waals surface area contributed by atoms with Crippen molar-refractivity contribution in [1.82, 2.24) is 9.97 Å². The Kier molecular flexibility index (Phi) is 6.11. The van der Waals surface area contributed by atoms with Crippen LogP contribution in [0.2, 0.25) is 0 Å². The molecule has 0 aromatic carbocycles. The lowest BCUT2D eigenvalue weighted by Crippen LogP contribution is -2.12. The fourth-order valence-electron chi connectivity index (χ4n) is 1.68. The molecule has 0 aliphatic heterocycles. The predicted octanol–water partition coefficient (Wildman–Crippen LogP) is 4.45. The van der Waals surface area contributed by atoms with Crippen molar-refractivity contribution in [2.75, 3.05) is 11.9 Å². The highest BCUT2D eigenvalue weighted by Crippen LogP contribution is 2.34. The molecule has 0 amide bonds. The monoisotopic (exact) mass is 281 g/mol. The van der Waals surface area contributed by atoms with E-state index in [1.165, 1.54) is 5.56 Å². The molecule has 108 valence electrons. The Balaban J connectivity index is 3.09. The maximum atomic E-state index is 4.73. The lowest BCUT2D eigenvalue weighted by molar-refractivity contribution is 0.777. The molecule has 3 nitrogen and oxygen atoms in total. The van der Waals surface area contributed by atoms with Crippen LogP contribution < -0.4 is 5.32 Å². The third kappa shape index (κ3) is 5.39. The number of anilines is 1.